The first kappa shape index (κ1) is 16.3. The minimum absolute atomic E-state index is 0.300. The van der Waals surface area contributed by atoms with Gasteiger partial charge in [0.25, 0.3) is 10.9 Å². The number of rotatable bonds is 4. The molecule has 134 valence electrons. The topological polar surface area (TPSA) is 58.2 Å². The van der Waals surface area contributed by atoms with Gasteiger partial charge < -0.3 is 10.6 Å². The monoisotopic (exact) mass is 364 g/mol. The predicted molar refractivity (Wildman–Crippen MR) is 116 cm³/mol. The molecule has 0 fully saturated rings. The number of hydrogen-bond acceptors (Lipinski definition) is 4. The van der Waals surface area contributed by atoms with Crippen LogP contribution < -0.4 is 21.5 Å². The third-order valence-electron chi connectivity index (χ3n) is 5.01. The molecule has 0 atom stereocenters. The molecule has 0 aliphatic heterocycles. The number of anilines is 4. The van der Waals surface area contributed by atoms with Gasteiger partial charge in [0.05, 0.1) is 0 Å². The highest BCUT2D eigenvalue weighted by Crippen LogP contribution is 2.31. The summed E-state index contributed by atoms with van der Waals surface area (Å²) in [6.07, 6.45) is 0. The maximum Gasteiger partial charge on any atom is 0.253 e. The molecule has 2 N–H and O–H groups in total. The van der Waals surface area contributed by atoms with Crippen LogP contribution in [0, 0.1) is 0 Å². The van der Waals surface area contributed by atoms with Gasteiger partial charge in [-0.15, -0.1) is 0 Å². The molecule has 0 unspecified atom stereocenters. The summed E-state index contributed by atoms with van der Waals surface area (Å²) in [5.74, 6) is 0. The second-order valence-electron chi connectivity index (χ2n) is 6.71. The summed E-state index contributed by atoms with van der Waals surface area (Å²) < 4.78 is 0. The van der Waals surface area contributed by atoms with Crippen molar-refractivity contribution in [3.63, 3.8) is 0 Å². The van der Waals surface area contributed by atoms with Gasteiger partial charge in [-0.2, -0.15) is 0 Å². The Kier molecular flexibility index (Phi) is 3.69. The molecule has 5 aromatic rings. The van der Waals surface area contributed by atoms with E-state index in [1.54, 1.807) is 0 Å². The second kappa shape index (κ2) is 6.35. The van der Waals surface area contributed by atoms with Gasteiger partial charge in [0.1, 0.15) is 11.4 Å². The number of fused-ring (bicyclic) bond motifs is 2. The molecule has 0 saturated carbocycles. The zero-order chi connectivity index (χ0) is 19.1. The summed E-state index contributed by atoms with van der Waals surface area (Å²) in [5, 5.41) is 10.5. The molecule has 0 aliphatic carbocycles. The Balaban J connectivity index is 1.56. The lowest BCUT2D eigenvalue weighted by atomic mass is 10.1. The largest absolute Gasteiger partial charge is 0.350 e. The van der Waals surface area contributed by atoms with Crippen molar-refractivity contribution in [3.8, 4) is 0 Å². The van der Waals surface area contributed by atoms with Crippen LogP contribution in [0.1, 0.15) is 0 Å². The molecule has 0 spiro atoms. The van der Waals surface area contributed by atoms with E-state index in [-0.39, 0.29) is 0 Å². The van der Waals surface area contributed by atoms with Gasteiger partial charge in [0, 0.05) is 22.1 Å². The molecule has 0 aliphatic rings. The van der Waals surface area contributed by atoms with Gasteiger partial charge in [-0.1, -0.05) is 72.8 Å². The molecule has 4 nitrogen and oxygen atoms in total. The van der Waals surface area contributed by atoms with E-state index in [9.17, 15) is 9.59 Å². The van der Waals surface area contributed by atoms with Crippen molar-refractivity contribution in [2.45, 2.75) is 0 Å². The highest BCUT2D eigenvalue weighted by Gasteiger charge is 2.22. The van der Waals surface area contributed by atoms with Crippen molar-refractivity contribution in [2.24, 2.45) is 0 Å². The van der Waals surface area contributed by atoms with E-state index in [0.29, 0.717) is 11.4 Å². The fourth-order valence-corrected chi connectivity index (χ4v) is 3.57. The average Bonchev–Trinajstić information content (AvgIpc) is 2.76. The summed E-state index contributed by atoms with van der Waals surface area (Å²) in [6, 6.07) is 27.5. The van der Waals surface area contributed by atoms with Crippen LogP contribution in [0.5, 0.6) is 0 Å². The van der Waals surface area contributed by atoms with E-state index >= 15 is 0 Å². The van der Waals surface area contributed by atoms with E-state index in [2.05, 4.69) is 10.6 Å². The molecule has 0 heterocycles. The first-order valence-corrected chi connectivity index (χ1v) is 9.05. The van der Waals surface area contributed by atoms with E-state index < -0.39 is 10.9 Å². The van der Waals surface area contributed by atoms with E-state index in [4.69, 9.17) is 0 Å². The van der Waals surface area contributed by atoms with Crippen molar-refractivity contribution in [2.75, 3.05) is 10.6 Å². The van der Waals surface area contributed by atoms with Gasteiger partial charge in [-0.3, -0.25) is 9.59 Å². The van der Waals surface area contributed by atoms with Crippen molar-refractivity contribution in [1.29, 1.82) is 0 Å². The summed E-state index contributed by atoms with van der Waals surface area (Å²) in [6.45, 7) is 0. The summed E-state index contributed by atoms with van der Waals surface area (Å²) >= 11 is 0. The third kappa shape index (κ3) is 2.55. The second-order valence-corrected chi connectivity index (χ2v) is 6.71. The average molecular weight is 364 g/mol. The number of benzene rings is 4. The molecule has 0 aromatic heterocycles. The maximum absolute atomic E-state index is 12.3. The van der Waals surface area contributed by atoms with Crippen molar-refractivity contribution < 1.29 is 0 Å². The van der Waals surface area contributed by atoms with Gasteiger partial charge in [-0.05, 0) is 22.9 Å². The number of nitrogens with one attached hydrogen (secondary N) is 2. The normalized spacial score (nSPS) is 11.1. The van der Waals surface area contributed by atoms with Crippen molar-refractivity contribution in [3.05, 3.63) is 105 Å². The van der Waals surface area contributed by atoms with Gasteiger partial charge in [0.2, 0.25) is 0 Å². The molecule has 0 radical (unpaired) electrons. The standard InChI is InChI=1S/C24H16N2O2/c27-23-21(25-19-13-5-9-15-7-1-3-11-17(15)19)22(24(23)28)26-20-14-6-10-16-8-2-4-12-18(16)20/h1-14,25-26H. The molecular weight excluding hydrogens is 348 g/mol. The lowest BCUT2D eigenvalue weighted by Crippen LogP contribution is -2.35. The molecule has 0 amide bonds. The van der Waals surface area contributed by atoms with Crippen molar-refractivity contribution >= 4 is 44.3 Å². The first-order chi connectivity index (χ1) is 13.7. The quantitative estimate of drug-likeness (QED) is 0.437. The third-order valence-corrected chi connectivity index (χ3v) is 5.01. The Morgan fingerprint density at radius 2 is 0.857 bits per heavy atom. The lowest BCUT2D eigenvalue weighted by Gasteiger charge is -2.17. The van der Waals surface area contributed by atoms with Crippen LogP contribution in [0.2, 0.25) is 0 Å². The number of hydrogen-bond donors (Lipinski definition) is 2. The summed E-state index contributed by atoms with van der Waals surface area (Å²) in [5.41, 5.74) is 1.19. The Hall–Kier alpha value is -3.92. The molecule has 0 bridgehead atoms. The van der Waals surface area contributed by atoms with Crippen LogP contribution in [-0.4, -0.2) is 0 Å². The SMILES string of the molecule is O=c1c(Nc2cccc3ccccc23)c(Nc2cccc3ccccc23)c1=O. The molecule has 0 saturated heterocycles. The van der Waals surface area contributed by atoms with E-state index in [1.807, 2.05) is 84.9 Å². The minimum Gasteiger partial charge on any atom is -0.350 e. The molecule has 5 rings (SSSR count). The first-order valence-electron chi connectivity index (χ1n) is 9.05. The highest BCUT2D eigenvalue weighted by atomic mass is 16.2. The van der Waals surface area contributed by atoms with Gasteiger partial charge in [0.15, 0.2) is 0 Å². The van der Waals surface area contributed by atoms with E-state index in [1.165, 1.54) is 0 Å². The molecular formula is C24H16N2O2. The smallest absolute Gasteiger partial charge is 0.253 e. The highest BCUT2D eigenvalue weighted by molar-refractivity contribution is 5.99. The van der Waals surface area contributed by atoms with Crippen LogP contribution >= 0.6 is 0 Å². The molecule has 28 heavy (non-hydrogen) atoms. The Morgan fingerprint density at radius 3 is 1.32 bits per heavy atom. The Labute approximate surface area is 160 Å². The fourth-order valence-electron chi connectivity index (χ4n) is 3.57. The fraction of sp³-hybridized carbons (Fsp3) is 0. The summed E-state index contributed by atoms with van der Waals surface area (Å²) in [4.78, 5) is 24.5. The van der Waals surface area contributed by atoms with E-state index in [0.717, 1.165) is 32.9 Å². The predicted octanol–water partition coefficient (Wildman–Crippen LogP) is 5.08. The van der Waals surface area contributed by atoms with Crippen molar-refractivity contribution in [1.82, 2.24) is 0 Å². The minimum atomic E-state index is -0.504. The van der Waals surface area contributed by atoms with Gasteiger partial charge in [-0.25, -0.2) is 0 Å². The summed E-state index contributed by atoms with van der Waals surface area (Å²) in [7, 11) is 0. The van der Waals surface area contributed by atoms with Crippen LogP contribution in [-0.2, 0) is 0 Å². The molecule has 5 aromatic carbocycles. The zero-order valence-corrected chi connectivity index (χ0v) is 14.9. The Bertz CT molecular complexity index is 1290. The molecule has 4 heteroatoms. The zero-order valence-electron chi connectivity index (χ0n) is 14.9. The maximum atomic E-state index is 12.3. The van der Waals surface area contributed by atoms with Crippen LogP contribution in [0.3, 0.4) is 0 Å². The van der Waals surface area contributed by atoms with Gasteiger partial charge >= 0.3 is 0 Å². The Morgan fingerprint density at radius 1 is 0.464 bits per heavy atom. The van der Waals surface area contributed by atoms with Crippen LogP contribution in [0.15, 0.2) is 94.5 Å². The van der Waals surface area contributed by atoms with Crippen LogP contribution in [0.4, 0.5) is 22.7 Å². The lowest BCUT2D eigenvalue weighted by molar-refractivity contribution is 1.37. The van der Waals surface area contributed by atoms with Crippen LogP contribution in [0.25, 0.3) is 21.5 Å².